The number of nitrogens with zero attached hydrogens (tertiary/aromatic N) is 3. The van der Waals surface area contributed by atoms with Crippen LogP contribution in [0.5, 0.6) is 0 Å². The van der Waals surface area contributed by atoms with Crippen LogP contribution >= 0.6 is 0 Å². The highest BCUT2D eigenvalue weighted by atomic mass is 19.4. The third-order valence-corrected chi connectivity index (χ3v) is 6.43. The number of piperazine rings is 1. The van der Waals surface area contributed by atoms with Gasteiger partial charge < -0.3 is 15.1 Å². The number of alkyl halides is 3. The number of benzene rings is 2. The molecule has 1 N–H and O–H groups in total. The molecule has 0 unspecified atom stereocenters. The lowest BCUT2D eigenvalue weighted by Crippen LogP contribution is -2.61. The van der Waals surface area contributed by atoms with Crippen LogP contribution in [0.15, 0.2) is 42.5 Å². The van der Waals surface area contributed by atoms with Crippen molar-refractivity contribution in [3.05, 3.63) is 59.2 Å². The molecular formula is C25H27F3N4O. The number of para-hydroxylation sites is 1. The summed E-state index contributed by atoms with van der Waals surface area (Å²) in [6.45, 7) is 6.18. The first-order chi connectivity index (χ1) is 15.7. The number of carbonyl (C=O) groups is 1. The Kier molecular flexibility index (Phi) is 6.24. The summed E-state index contributed by atoms with van der Waals surface area (Å²) in [5, 5.41) is 12.5. The molecule has 0 radical (unpaired) electrons. The minimum atomic E-state index is -4.43. The van der Waals surface area contributed by atoms with E-state index in [0.29, 0.717) is 37.3 Å². The molecule has 0 aromatic heterocycles. The number of nitriles is 1. The van der Waals surface area contributed by atoms with Crippen molar-refractivity contribution in [2.45, 2.75) is 32.5 Å². The van der Waals surface area contributed by atoms with Crippen molar-refractivity contribution in [3.8, 4) is 6.07 Å². The Morgan fingerprint density at radius 1 is 1.18 bits per heavy atom. The van der Waals surface area contributed by atoms with Gasteiger partial charge in [0.15, 0.2) is 0 Å². The Bertz CT molecular complexity index is 1080. The zero-order valence-electron chi connectivity index (χ0n) is 18.7. The Morgan fingerprint density at radius 3 is 2.64 bits per heavy atom. The van der Waals surface area contributed by atoms with E-state index in [9.17, 15) is 23.2 Å². The van der Waals surface area contributed by atoms with E-state index >= 15 is 0 Å². The zero-order valence-corrected chi connectivity index (χ0v) is 18.7. The molecule has 0 spiro atoms. The Morgan fingerprint density at radius 2 is 1.94 bits per heavy atom. The van der Waals surface area contributed by atoms with E-state index in [1.54, 1.807) is 6.07 Å². The molecule has 4 rings (SSSR count). The van der Waals surface area contributed by atoms with Gasteiger partial charge in [0.1, 0.15) is 6.07 Å². The third kappa shape index (κ3) is 4.63. The normalized spacial score (nSPS) is 20.2. The second kappa shape index (κ2) is 8.97. The number of fused-ring (bicyclic) bond motifs is 3. The van der Waals surface area contributed by atoms with Gasteiger partial charge in [0, 0.05) is 31.9 Å². The standard InChI is InChI=1S/C25H27F3N4O/c1-16(2)14-30-24(33)20-12-18-11-19(25(26,27)28)7-8-22(18)32-10-9-31(15-23(20)32)21-6-4-3-5-17(21)13-29/h3-8,11,16,20,23H,9-10,12,14-15H2,1-2H3,(H,30,33)/t20-,23-/m1/s1. The first-order valence-electron chi connectivity index (χ1n) is 11.2. The van der Waals surface area contributed by atoms with Crippen LogP contribution in [-0.4, -0.2) is 38.1 Å². The molecule has 174 valence electrons. The van der Waals surface area contributed by atoms with Crippen LogP contribution in [-0.2, 0) is 17.4 Å². The highest BCUT2D eigenvalue weighted by Crippen LogP contribution is 2.40. The topological polar surface area (TPSA) is 59.4 Å². The number of hydrogen-bond acceptors (Lipinski definition) is 4. The number of anilines is 2. The highest BCUT2D eigenvalue weighted by Gasteiger charge is 2.43. The number of carbonyl (C=O) groups excluding carboxylic acids is 1. The highest BCUT2D eigenvalue weighted by molar-refractivity contribution is 5.82. The zero-order chi connectivity index (χ0) is 23.8. The van der Waals surface area contributed by atoms with Crippen LogP contribution in [0.1, 0.15) is 30.5 Å². The summed E-state index contributed by atoms with van der Waals surface area (Å²) in [4.78, 5) is 17.4. The predicted octanol–water partition coefficient (Wildman–Crippen LogP) is 4.22. The van der Waals surface area contributed by atoms with Gasteiger partial charge in [-0.15, -0.1) is 0 Å². The summed E-state index contributed by atoms with van der Waals surface area (Å²) in [6.07, 6.45) is -4.18. The molecular weight excluding hydrogens is 429 g/mol. The van der Waals surface area contributed by atoms with Crippen molar-refractivity contribution in [1.29, 1.82) is 5.26 Å². The van der Waals surface area contributed by atoms with Crippen molar-refractivity contribution < 1.29 is 18.0 Å². The number of amides is 1. The van der Waals surface area contributed by atoms with Gasteiger partial charge >= 0.3 is 6.18 Å². The van der Waals surface area contributed by atoms with Crippen molar-refractivity contribution in [3.63, 3.8) is 0 Å². The van der Waals surface area contributed by atoms with Crippen molar-refractivity contribution >= 4 is 17.3 Å². The lowest BCUT2D eigenvalue weighted by molar-refractivity contribution is -0.137. The molecule has 0 saturated carbocycles. The molecule has 2 atom stereocenters. The molecule has 0 aliphatic carbocycles. The number of hydrogen-bond donors (Lipinski definition) is 1. The maximum Gasteiger partial charge on any atom is 0.416 e. The molecule has 2 aliphatic heterocycles. The molecule has 2 aliphatic rings. The van der Waals surface area contributed by atoms with Crippen molar-refractivity contribution in [2.24, 2.45) is 11.8 Å². The van der Waals surface area contributed by atoms with Gasteiger partial charge in [0.2, 0.25) is 5.91 Å². The smallest absolute Gasteiger partial charge is 0.367 e. The van der Waals surface area contributed by atoms with E-state index in [2.05, 4.69) is 21.2 Å². The largest absolute Gasteiger partial charge is 0.416 e. The Balaban J connectivity index is 1.69. The van der Waals surface area contributed by atoms with Crippen LogP contribution in [0.2, 0.25) is 0 Å². The molecule has 2 aromatic carbocycles. The number of nitrogens with one attached hydrogen (secondary N) is 1. The minimum Gasteiger partial charge on any atom is -0.367 e. The van der Waals surface area contributed by atoms with Gasteiger partial charge in [-0.2, -0.15) is 18.4 Å². The molecule has 2 heterocycles. The van der Waals surface area contributed by atoms with Crippen LogP contribution in [0.3, 0.4) is 0 Å². The summed E-state index contributed by atoms with van der Waals surface area (Å²) in [5.41, 5.74) is 2.00. The first kappa shape index (κ1) is 23.0. The molecule has 1 amide bonds. The summed E-state index contributed by atoms with van der Waals surface area (Å²) in [5.74, 6) is -0.364. The van der Waals surface area contributed by atoms with Crippen LogP contribution < -0.4 is 15.1 Å². The summed E-state index contributed by atoms with van der Waals surface area (Å²) in [6, 6.07) is 13.2. The number of rotatable bonds is 4. The van der Waals surface area contributed by atoms with Gasteiger partial charge in [-0.3, -0.25) is 4.79 Å². The average molecular weight is 457 g/mol. The second-order valence-corrected chi connectivity index (χ2v) is 9.13. The fourth-order valence-corrected chi connectivity index (χ4v) is 4.80. The molecule has 33 heavy (non-hydrogen) atoms. The lowest BCUT2D eigenvalue weighted by Gasteiger charge is -2.50. The molecule has 1 fully saturated rings. The second-order valence-electron chi connectivity index (χ2n) is 9.13. The van der Waals surface area contributed by atoms with Crippen molar-refractivity contribution in [2.75, 3.05) is 36.0 Å². The quantitative estimate of drug-likeness (QED) is 0.749. The van der Waals surface area contributed by atoms with E-state index < -0.39 is 17.7 Å². The minimum absolute atomic E-state index is 0.141. The van der Waals surface area contributed by atoms with Gasteiger partial charge in [0.25, 0.3) is 0 Å². The van der Waals surface area contributed by atoms with Gasteiger partial charge in [-0.05, 0) is 48.2 Å². The van der Waals surface area contributed by atoms with Crippen molar-refractivity contribution in [1.82, 2.24) is 5.32 Å². The Labute approximate surface area is 191 Å². The van der Waals surface area contributed by atoms with E-state index in [1.165, 1.54) is 12.1 Å². The van der Waals surface area contributed by atoms with E-state index in [0.717, 1.165) is 17.4 Å². The number of halogens is 3. The lowest BCUT2D eigenvalue weighted by atomic mass is 9.82. The molecule has 2 aromatic rings. The average Bonchev–Trinajstić information content (AvgIpc) is 2.80. The summed E-state index contributed by atoms with van der Waals surface area (Å²) in [7, 11) is 0. The van der Waals surface area contributed by atoms with Crippen LogP contribution in [0.4, 0.5) is 24.5 Å². The monoisotopic (exact) mass is 456 g/mol. The molecule has 0 bridgehead atoms. The Hall–Kier alpha value is -3.21. The van der Waals surface area contributed by atoms with Gasteiger partial charge in [0.05, 0.1) is 28.8 Å². The maximum absolute atomic E-state index is 13.3. The third-order valence-electron chi connectivity index (χ3n) is 6.43. The fourth-order valence-electron chi connectivity index (χ4n) is 4.80. The van der Waals surface area contributed by atoms with E-state index in [1.807, 2.05) is 32.0 Å². The predicted molar refractivity (Wildman–Crippen MR) is 121 cm³/mol. The van der Waals surface area contributed by atoms with E-state index in [-0.39, 0.29) is 24.3 Å². The van der Waals surface area contributed by atoms with E-state index in [4.69, 9.17) is 0 Å². The van der Waals surface area contributed by atoms with Crippen LogP contribution in [0.25, 0.3) is 0 Å². The van der Waals surface area contributed by atoms with Crippen LogP contribution in [0, 0.1) is 23.2 Å². The van der Waals surface area contributed by atoms with Gasteiger partial charge in [-0.25, -0.2) is 0 Å². The molecule has 1 saturated heterocycles. The molecule has 5 nitrogen and oxygen atoms in total. The maximum atomic E-state index is 13.3. The van der Waals surface area contributed by atoms with Gasteiger partial charge in [-0.1, -0.05) is 26.0 Å². The SMILES string of the molecule is CC(C)CNC(=O)[C@@H]1Cc2cc(C(F)(F)F)ccc2N2CCN(c3ccccc3C#N)C[C@H]12. The molecule has 8 heteroatoms. The summed E-state index contributed by atoms with van der Waals surface area (Å²) < 4.78 is 40.0. The fraction of sp³-hybridized carbons (Fsp3) is 0.440. The summed E-state index contributed by atoms with van der Waals surface area (Å²) >= 11 is 0. The first-order valence-corrected chi connectivity index (χ1v) is 11.2.